The smallest absolute Gasteiger partial charge is 0.272 e. The van der Waals surface area contributed by atoms with Crippen LogP contribution in [0.15, 0.2) is 41.2 Å². The van der Waals surface area contributed by atoms with Crippen molar-refractivity contribution in [3.8, 4) is 0 Å². The first-order valence-electron chi connectivity index (χ1n) is 5.96. The Hall–Kier alpha value is -2.27. The van der Waals surface area contributed by atoms with Crippen LogP contribution in [-0.2, 0) is 6.54 Å². The molecule has 0 saturated heterocycles. The molecule has 0 radical (unpaired) electrons. The molecule has 1 heterocycles. The Labute approximate surface area is 118 Å². The van der Waals surface area contributed by atoms with Crippen LogP contribution in [0.25, 0.3) is 10.9 Å². The van der Waals surface area contributed by atoms with Gasteiger partial charge in [0.1, 0.15) is 5.82 Å². The number of aromatic nitrogens is 2. The van der Waals surface area contributed by atoms with Gasteiger partial charge in [0.15, 0.2) is 0 Å². The number of halogens is 2. The van der Waals surface area contributed by atoms with Gasteiger partial charge in [-0.05, 0) is 35.9 Å². The van der Waals surface area contributed by atoms with Crippen molar-refractivity contribution < 1.29 is 4.39 Å². The molecule has 0 saturated carbocycles. The van der Waals surface area contributed by atoms with Gasteiger partial charge in [-0.1, -0.05) is 17.7 Å². The summed E-state index contributed by atoms with van der Waals surface area (Å²) in [5.74, 6) is -0.391. The lowest BCUT2D eigenvalue weighted by Gasteiger charge is -2.07. The molecule has 3 rings (SSSR count). The summed E-state index contributed by atoms with van der Waals surface area (Å²) < 4.78 is 14.7. The summed E-state index contributed by atoms with van der Waals surface area (Å²) in [6, 6.07) is 9.29. The van der Waals surface area contributed by atoms with Crippen molar-refractivity contribution in [2.45, 2.75) is 6.54 Å². The topological polar surface area (TPSA) is 63.8 Å². The monoisotopic (exact) mass is 291 g/mol. The highest BCUT2D eigenvalue weighted by Gasteiger charge is 2.09. The highest BCUT2D eigenvalue weighted by atomic mass is 35.5. The number of hydrogen-bond donors (Lipinski definition) is 2. The standard InChI is InChI=1S/C14H11ClFN3O/c15-12-5-9(16)2-1-8(12)7-19-13-4-3-10(17)6-11(13)14(20)18-19/h1-6H,7,17H2,(H,18,20). The van der Waals surface area contributed by atoms with E-state index in [0.29, 0.717) is 22.6 Å². The van der Waals surface area contributed by atoms with Crippen LogP contribution in [0.2, 0.25) is 5.02 Å². The number of anilines is 1. The van der Waals surface area contributed by atoms with E-state index < -0.39 is 5.82 Å². The normalized spacial score (nSPS) is 11.1. The van der Waals surface area contributed by atoms with Crippen molar-refractivity contribution >= 4 is 28.2 Å². The zero-order valence-corrected chi connectivity index (χ0v) is 11.1. The molecule has 2 aromatic carbocycles. The number of aromatic amines is 1. The minimum Gasteiger partial charge on any atom is -0.399 e. The number of H-pyrrole nitrogens is 1. The van der Waals surface area contributed by atoms with Crippen molar-refractivity contribution in [3.05, 3.63) is 63.2 Å². The second-order valence-corrected chi connectivity index (χ2v) is 4.95. The van der Waals surface area contributed by atoms with Crippen molar-refractivity contribution in [2.75, 3.05) is 5.73 Å². The first kappa shape index (κ1) is 12.7. The summed E-state index contributed by atoms with van der Waals surface area (Å²) in [4.78, 5) is 11.9. The molecule has 0 unspecified atom stereocenters. The van der Waals surface area contributed by atoms with Crippen molar-refractivity contribution in [3.63, 3.8) is 0 Å². The first-order valence-corrected chi connectivity index (χ1v) is 6.34. The maximum atomic E-state index is 13.0. The Kier molecular flexibility index (Phi) is 2.99. The highest BCUT2D eigenvalue weighted by molar-refractivity contribution is 6.31. The maximum Gasteiger partial charge on any atom is 0.272 e. The Morgan fingerprint density at radius 2 is 2.05 bits per heavy atom. The van der Waals surface area contributed by atoms with Crippen LogP contribution in [0.4, 0.5) is 10.1 Å². The molecule has 0 aliphatic heterocycles. The number of nitrogens with two attached hydrogens (primary N) is 1. The molecule has 0 aliphatic carbocycles. The van der Waals surface area contributed by atoms with E-state index in [2.05, 4.69) is 5.10 Å². The predicted octanol–water partition coefficient (Wildman–Crippen LogP) is 2.75. The van der Waals surface area contributed by atoms with Crippen molar-refractivity contribution in [2.24, 2.45) is 0 Å². The molecule has 3 aromatic rings. The average molecular weight is 292 g/mol. The van der Waals surface area contributed by atoms with Crippen LogP contribution in [0.5, 0.6) is 0 Å². The minimum absolute atomic E-state index is 0.217. The average Bonchev–Trinajstić information content (AvgIpc) is 2.69. The Morgan fingerprint density at radius 1 is 1.25 bits per heavy atom. The zero-order chi connectivity index (χ0) is 14.3. The van der Waals surface area contributed by atoms with E-state index in [1.165, 1.54) is 12.1 Å². The van der Waals surface area contributed by atoms with E-state index in [0.717, 1.165) is 11.1 Å². The maximum absolute atomic E-state index is 13.0. The third kappa shape index (κ3) is 2.16. The largest absolute Gasteiger partial charge is 0.399 e. The van der Waals surface area contributed by atoms with Gasteiger partial charge in [-0.15, -0.1) is 0 Å². The van der Waals surface area contributed by atoms with Crippen LogP contribution < -0.4 is 11.3 Å². The molecule has 4 nitrogen and oxygen atoms in total. The van der Waals surface area contributed by atoms with Crippen molar-refractivity contribution in [1.82, 2.24) is 9.78 Å². The van der Waals surface area contributed by atoms with Gasteiger partial charge in [0.05, 0.1) is 17.4 Å². The number of hydrogen-bond acceptors (Lipinski definition) is 2. The van der Waals surface area contributed by atoms with Gasteiger partial charge >= 0.3 is 0 Å². The summed E-state index contributed by atoms with van der Waals surface area (Å²) >= 11 is 6.00. The number of benzene rings is 2. The third-order valence-corrected chi connectivity index (χ3v) is 3.49. The van der Waals surface area contributed by atoms with E-state index in [-0.39, 0.29) is 5.56 Å². The molecule has 102 valence electrons. The molecule has 0 amide bonds. The lowest BCUT2D eigenvalue weighted by atomic mass is 10.2. The van der Waals surface area contributed by atoms with E-state index in [4.69, 9.17) is 17.3 Å². The second-order valence-electron chi connectivity index (χ2n) is 4.54. The number of fused-ring (bicyclic) bond motifs is 1. The van der Waals surface area contributed by atoms with Gasteiger partial charge in [-0.25, -0.2) is 4.39 Å². The lowest BCUT2D eigenvalue weighted by Crippen LogP contribution is -2.07. The molecular formula is C14H11ClFN3O. The molecule has 0 fully saturated rings. The molecule has 6 heteroatoms. The third-order valence-electron chi connectivity index (χ3n) is 3.14. The Balaban J connectivity index is 2.09. The van der Waals surface area contributed by atoms with Gasteiger partial charge in [0, 0.05) is 10.7 Å². The summed E-state index contributed by atoms with van der Waals surface area (Å²) in [5, 5.41) is 3.56. The fraction of sp³-hybridized carbons (Fsp3) is 0.0714. The molecule has 0 aliphatic rings. The summed E-state index contributed by atoms with van der Waals surface area (Å²) in [7, 11) is 0. The van der Waals surface area contributed by atoms with Crippen LogP contribution >= 0.6 is 11.6 Å². The summed E-state index contributed by atoms with van der Waals surface area (Å²) in [5.41, 5.74) is 7.43. The van der Waals surface area contributed by atoms with E-state index in [1.807, 2.05) is 0 Å². The lowest BCUT2D eigenvalue weighted by molar-refractivity contribution is 0.625. The first-order chi connectivity index (χ1) is 9.54. The quantitative estimate of drug-likeness (QED) is 0.713. The van der Waals surface area contributed by atoms with Crippen LogP contribution in [-0.4, -0.2) is 9.78 Å². The van der Waals surface area contributed by atoms with Crippen molar-refractivity contribution in [1.29, 1.82) is 0 Å². The fourth-order valence-electron chi connectivity index (χ4n) is 2.16. The van der Waals surface area contributed by atoms with Gasteiger partial charge in [0.2, 0.25) is 0 Å². The molecule has 20 heavy (non-hydrogen) atoms. The molecule has 0 atom stereocenters. The minimum atomic E-state index is -0.391. The highest BCUT2D eigenvalue weighted by Crippen LogP contribution is 2.20. The SMILES string of the molecule is Nc1ccc2c(c1)c(=O)[nH]n2Cc1ccc(F)cc1Cl. The second kappa shape index (κ2) is 4.68. The van der Waals surface area contributed by atoms with Gasteiger partial charge in [0.25, 0.3) is 5.56 Å². The number of nitrogens with one attached hydrogen (secondary N) is 1. The summed E-state index contributed by atoms with van der Waals surface area (Å²) in [6.45, 7) is 0.349. The number of rotatable bonds is 2. The molecule has 1 aromatic heterocycles. The zero-order valence-electron chi connectivity index (χ0n) is 10.4. The van der Waals surface area contributed by atoms with E-state index in [9.17, 15) is 9.18 Å². The van der Waals surface area contributed by atoms with E-state index >= 15 is 0 Å². The van der Waals surface area contributed by atoms with E-state index in [1.54, 1.807) is 28.9 Å². The Morgan fingerprint density at radius 3 is 2.80 bits per heavy atom. The number of nitrogens with zero attached hydrogens (tertiary/aromatic N) is 1. The Bertz CT molecular complexity index is 853. The fourth-order valence-corrected chi connectivity index (χ4v) is 2.39. The molecule has 3 N–H and O–H groups in total. The molecule has 0 spiro atoms. The predicted molar refractivity (Wildman–Crippen MR) is 77.5 cm³/mol. The number of nitrogen functional groups attached to an aromatic ring is 1. The van der Waals surface area contributed by atoms with Crippen LogP contribution in [0.3, 0.4) is 0 Å². The van der Waals surface area contributed by atoms with Crippen LogP contribution in [0.1, 0.15) is 5.56 Å². The summed E-state index contributed by atoms with van der Waals surface area (Å²) in [6.07, 6.45) is 0. The van der Waals surface area contributed by atoms with Gasteiger partial charge in [-0.2, -0.15) is 0 Å². The molecule has 0 bridgehead atoms. The van der Waals surface area contributed by atoms with Gasteiger partial charge in [-0.3, -0.25) is 14.6 Å². The molecular weight excluding hydrogens is 281 g/mol. The van der Waals surface area contributed by atoms with Gasteiger partial charge < -0.3 is 5.73 Å². The van der Waals surface area contributed by atoms with Crippen LogP contribution in [0, 0.1) is 5.82 Å².